The Bertz CT molecular complexity index is 1120. The summed E-state index contributed by atoms with van der Waals surface area (Å²) in [5.41, 5.74) is 3.15. The summed E-state index contributed by atoms with van der Waals surface area (Å²) in [6.45, 7) is 1.04. The molecule has 0 N–H and O–H groups in total. The minimum absolute atomic E-state index is 0.0793. The Hall–Kier alpha value is -3.48. The van der Waals surface area contributed by atoms with E-state index in [-0.39, 0.29) is 5.91 Å². The van der Waals surface area contributed by atoms with Gasteiger partial charge in [-0.15, -0.1) is 0 Å². The second-order valence-corrected chi connectivity index (χ2v) is 6.56. The van der Waals surface area contributed by atoms with Gasteiger partial charge in [0.2, 0.25) is 0 Å². The van der Waals surface area contributed by atoms with Gasteiger partial charge in [0.15, 0.2) is 11.5 Å². The Labute approximate surface area is 155 Å². The zero-order valence-corrected chi connectivity index (χ0v) is 14.6. The summed E-state index contributed by atoms with van der Waals surface area (Å²) in [5.74, 6) is 1.49. The normalized spacial score (nSPS) is 13.7. The molecule has 0 spiro atoms. The Morgan fingerprint density at radius 1 is 1.11 bits per heavy atom. The van der Waals surface area contributed by atoms with Gasteiger partial charge in [-0.1, -0.05) is 36.4 Å². The number of nitrogens with zero attached hydrogens (tertiary/aromatic N) is 5. The number of benzene rings is 1. The average molecular weight is 359 g/mol. The number of carbonyl (C=O) groups excluding carboxylic acids is 1. The minimum atomic E-state index is -0.0793. The molecule has 27 heavy (non-hydrogen) atoms. The predicted octanol–water partition coefficient (Wildman–Crippen LogP) is 2.51. The molecule has 0 saturated carbocycles. The fraction of sp³-hybridized carbons (Fsp3) is 0.200. The van der Waals surface area contributed by atoms with Crippen LogP contribution in [-0.4, -0.2) is 36.9 Å². The summed E-state index contributed by atoms with van der Waals surface area (Å²) in [6.07, 6.45) is 2.77. The highest BCUT2D eigenvalue weighted by Gasteiger charge is 2.27. The first-order valence-corrected chi connectivity index (χ1v) is 8.87. The van der Waals surface area contributed by atoms with Crippen LogP contribution in [0.1, 0.15) is 33.4 Å². The lowest BCUT2D eigenvalue weighted by Crippen LogP contribution is -2.36. The van der Waals surface area contributed by atoms with Crippen LogP contribution < -0.4 is 0 Å². The molecule has 1 amide bonds. The van der Waals surface area contributed by atoms with E-state index in [0.29, 0.717) is 43.2 Å². The smallest absolute Gasteiger partial charge is 0.272 e. The third-order valence-electron chi connectivity index (χ3n) is 4.78. The molecular weight excluding hydrogens is 342 g/mol. The molecule has 0 aliphatic carbocycles. The van der Waals surface area contributed by atoms with Crippen molar-refractivity contribution in [2.24, 2.45) is 0 Å². The highest BCUT2D eigenvalue weighted by atomic mass is 16.4. The van der Waals surface area contributed by atoms with Crippen LogP contribution in [0.25, 0.3) is 5.65 Å². The molecule has 5 rings (SSSR count). The van der Waals surface area contributed by atoms with Gasteiger partial charge in [0, 0.05) is 19.4 Å². The minimum Gasteiger partial charge on any atom is -0.445 e. The van der Waals surface area contributed by atoms with Crippen molar-refractivity contribution >= 4 is 11.6 Å². The van der Waals surface area contributed by atoms with Gasteiger partial charge in [-0.25, -0.2) is 14.5 Å². The summed E-state index contributed by atoms with van der Waals surface area (Å²) >= 11 is 0. The Morgan fingerprint density at radius 3 is 2.89 bits per heavy atom. The van der Waals surface area contributed by atoms with E-state index in [1.165, 1.54) is 6.33 Å². The first-order valence-electron chi connectivity index (χ1n) is 8.87. The van der Waals surface area contributed by atoms with Crippen molar-refractivity contribution in [3.8, 4) is 0 Å². The van der Waals surface area contributed by atoms with Crippen molar-refractivity contribution in [1.29, 1.82) is 0 Å². The van der Waals surface area contributed by atoms with Gasteiger partial charge in [-0.05, 0) is 17.7 Å². The molecule has 4 heterocycles. The van der Waals surface area contributed by atoms with Crippen molar-refractivity contribution in [2.75, 3.05) is 6.54 Å². The molecule has 1 aliphatic rings. The summed E-state index contributed by atoms with van der Waals surface area (Å²) in [5, 5.41) is 4.15. The standard InChI is InChI=1S/C20H17N5O2/c26-20(16-7-4-8-18-21-13-22-25(16)18)24-10-9-17-15(12-24)23-19(27-17)11-14-5-2-1-3-6-14/h1-8,13H,9-12H2. The summed E-state index contributed by atoms with van der Waals surface area (Å²) < 4.78 is 7.50. The lowest BCUT2D eigenvalue weighted by Gasteiger charge is -2.25. The van der Waals surface area contributed by atoms with Crippen LogP contribution in [0, 0.1) is 0 Å². The molecule has 0 fully saturated rings. The molecule has 0 radical (unpaired) electrons. The zero-order chi connectivity index (χ0) is 18.2. The van der Waals surface area contributed by atoms with Crippen LogP contribution in [0.3, 0.4) is 0 Å². The number of fused-ring (bicyclic) bond motifs is 2. The molecule has 0 unspecified atom stereocenters. The highest BCUT2D eigenvalue weighted by Crippen LogP contribution is 2.22. The van der Waals surface area contributed by atoms with Gasteiger partial charge in [-0.2, -0.15) is 5.10 Å². The molecule has 0 saturated heterocycles. The molecule has 3 aromatic heterocycles. The Morgan fingerprint density at radius 2 is 2.00 bits per heavy atom. The quantitative estimate of drug-likeness (QED) is 0.562. The molecule has 0 atom stereocenters. The summed E-state index contributed by atoms with van der Waals surface area (Å²) in [7, 11) is 0. The third-order valence-corrected chi connectivity index (χ3v) is 4.78. The maximum Gasteiger partial charge on any atom is 0.272 e. The fourth-order valence-electron chi connectivity index (χ4n) is 3.44. The van der Waals surface area contributed by atoms with Gasteiger partial charge in [0.05, 0.1) is 6.54 Å². The molecule has 7 nitrogen and oxygen atoms in total. The van der Waals surface area contributed by atoms with E-state index in [4.69, 9.17) is 4.42 Å². The molecule has 0 bridgehead atoms. The van der Waals surface area contributed by atoms with Crippen LogP contribution in [0.15, 0.2) is 59.3 Å². The van der Waals surface area contributed by atoms with E-state index in [2.05, 4.69) is 27.2 Å². The second kappa shape index (κ2) is 6.35. The van der Waals surface area contributed by atoms with E-state index in [1.807, 2.05) is 30.3 Å². The van der Waals surface area contributed by atoms with Crippen molar-refractivity contribution in [2.45, 2.75) is 19.4 Å². The molecule has 1 aliphatic heterocycles. The predicted molar refractivity (Wildman–Crippen MR) is 97.2 cm³/mol. The molecule has 4 aromatic rings. The fourth-order valence-corrected chi connectivity index (χ4v) is 3.44. The lowest BCUT2D eigenvalue weighted by molar-refractivity contribution is 0.0719. The summed E-state index contributed by atoms with van der Waals surface area (Å²) in [4.78, 5) is 23.6. The Kier molecular flexibility index (Phi) is 3.71. The molecule has 1 aromatic carbocycles. The number of aromatic nitrogens is 4. The first kappa shape index (κ1) is 15.7. The molecular formula is C20H17N5O2. The van der Waals surface area contributed by atoms with Crippen LogP contribution in [0.4, 0.5) is 0 Å². The first-order chi connectivity index (χ1) is 13.3. The number of pyridine rings is 1. The maximum atomic E-state index is 13.0. The number of hydrogen-bond donors (Lipinski definition) is 0. The lowest BCUT2D eigenvalue weighted by atomic mass is 10.1. The molecule has 7 heteroatoms. The number of carbonyl (C=O) groups is 1. The average Bonchev–Trinajstić information content (AvgIpc) is 3.33. The van der Waals surface area contributed by atoms with E-state index in [1.54, 1.807) is 15.5 Å². The van der Waals surface area contributed by atoms with Gasteiger partial charge in [-0.3, -0.25) is 4.79 Å². The molecule has 134 valence electrons. The van der Waals surface area contributed by atoms with Crippen LogP contribution in [0.2, 0.25) is 0 Å². The van der Waals surface area contributed by atoms with Crippen LogP contribution in [-0.2, 0) is 19.4 Å². The summed E-state index contributed by atoms with van der Waals surface area (Å²) in [6, 6.07) is 15.5. The van der Waals surface area contributed by atoms with Crippen molar-refractivity contribution < 1.29 is 9.21 Å². The van der Waals surface area contributed by atoms with Gasteiger partial charge < -0.3 is 9.32 Å². The van der Waals surface area contributed by atoms with E-state index in [9.17, 15) is 4.79 Å². The maximum absolute atomic E-state index is 13.0. The van der Waals surface area contributed by atoms with Crippen molar-refractivity contribution in [3.63, 3.8) is 0 Å². The Balaban J connectivity index is 1.38. The number of hydrogen-bond acceptors (Lipinski definition) is 5. The van der Waals surface area contributed by atoms with Crippen molar-refractivity contribution in [1.82, 2.24) is 24.5 Å². The van der Waals surface area contributed by atoms with E-state index >= 15 is 0 Å². The highest BCUT2D eigenvalue weighted by molar-refractivity contribution is 5.93. The van der Waals surface area contributed by atoms with E-state index < -0.39 is 0 Å². The topological polar surface area (TPSA) is 76.5 Å². The van der Waals surface area contributed by atoms with Gasteiger partial charge in [0.25, 0.3) is 5.91 Å². The second-order valence-electron chi connectivity index (χ2n) is 6.56. The van der Waals surface area contributed by atoms with Crippen LogP contribution >= 0.6 is 0 Å². The number of oxazole rings is 1. The van der Waals surface area contributed by atoms with Crippen LogP contribution in [0.5, 0.6) is 0 Å². The van der Waals surface area contributed by atoms with E-state index in [0.717, 1.165) is 17.0 Å². The number of rotatable bonds is 3. The SMILES string of the molecule is O=C(c1cccc2ncnn12)N1CCc2oc(Cc3ccccc3)nc2C1. The largest absolute Gasteiger partial charge is 0.445 e. The zero-order valence-electron chi connectivity index (χ0n) is 14.6. The number of amides is 1. The van der Waals surface area contributed by atoms with Gasteiger partial charge in [0.1, 0.15) is 23.5 Å². The van der Waals surface area contributed by atoms with Gasteiger partial charge >= 0.3 is 0 Å². The monoisotopic (exact) mass is 359 g/mol. The third kappa shape index (κ3) is 2.87. The van der Waals surface area contributed by atoms with Crippen molar-refractivity contribution in [3.05, 3.63) is 83.5 Å².